The number of hydrogen-bond donors (Lipinski definition) is 0. The van der Waals surface area contributed by atoms with Crippen molar-refractivity contribution in [3.05, 3.63) is 0 Å². The lowest BCUT2D eigenvalue weighted by Crippen LogP contribution is -2.46. The maximum absolute atomic E-state index is 11.8. The summed E-state index contributed by atoms with van der Waals surface area (Å²) in [5.74, 6) is 0.654. The molecule has 0 aromatic carbocycles. The third-order valence-electron chi connectivity index (χ3n) is 3.13. The van der Waals surface area contributed by atoms with Crippen LogP contribution in [0.5, 0.6) is 0 Å². The van der Waals surface area contributed by atoms with Gasteiger partial charge in [-0.3, -0.25) is 0 Å². The summed E-state index contributed by atoms with van der Waals surface area (Å²) >= 11 is 0. The molecule has 0 N–H and O–H groups in total. The van der Waals surface area contributed by atoms with Crippen molar-refractivity contribution >= 4 is 6.09 Å². The van der Waals surface area contributed by atoms with E-state index in [1.54, 1.807) is 0 Å². The summed E-state index contributed by atoms with van der Waals surface area (Å²) in [5, 5.41) is 0. The fraction of sp³-hybridized carbons (Fsp3) is 0.917. The van der Waals surface area contributed by atoms with Gasteiger partial charge in [0.2, 0.25) is 0 Å². The highest BCUT2D eigenvalue weighted by molar-refractivity contribution is 5.68. The Hall–Kier alpha value is -0.730. The van der Waals surface area contributed by atoms with Gasteiger partial charge < -0.3 is 9.64 Å². The van der Waals surface area contributed by atoms with E-state index in [-0.39, 0.29) is 12.2 Å². The highest BCUT2D eigenvalue weighted by Crippen LogP contribution is 2.24. The molecule has 0 spiro atoms. The zero-order valence-electron chi connectivity index (χ0n) is 10.3. The molecule has 1 amide bonds. The molecule has 1 heterocycles. The molecule has 2 atom stereocenters. The van der Waals surface area contributed by atoms with Crippen LogP contribution in [0.1, 0.15) is 47.0 Å². The van der Waals surface area contributed by atoms with Crippen LogP contribution in [-0.2, 0) is 4.74 Å². The molecule has 1 saturated heterocycles. The van der Waals surface area contributed by atoms with Gasteiger partial charge in [-0.15, -0.1) is 0 Å². The van der Waals surface area contributed by atoms with Crippen molar-refractivity contribution < 1.29 is 9.53 Å². The maximum Gasteiger partial charge on any atom is 0.410 e. The van der Waals surface area contributed by atoms with Gasteiger partial charge in [0.15, 0.2) is 0 Å². The number of carbonyl (C=O) groups excluding carboxylic acids is 1. The number of carbonyl (C=O) groups is 1. The van der Waals surface area contributed by atoms with Crippen LogP contribution in [0, 0.1) is 5.92 Å². The lowest BCUT2D eigenvalue weighted by Gasteiger charge is -2.37. The smallest absolute Gasteiger partial charge is 0.410 e. The predicted molar refractivity (Wildman–Crippen MR) is 60.8 cm³/mol. The Kier molecular flexibility index (Phi) is 4.43. The quantitative estimate of drug-likeness (QED) is 0.705. The number of amides is 1. The maximum atomic E-state index is 11.8. The number of likely N-dealkylation sites (tertiary alicyclic amines) is 1. The summed E-state index contributed by atoms with van der Waals surface area (Å²) in [6.07, 6.45) is 3.33. The summed E-state index contributed by atoms with van der Waals surface area (Å²) < 4.78 is 5.24. The highest BCUT2D eigenvalue weighted by Gasteiger charge is 2.29. The van der Waals surface area contributed by atoms with Gasteiger partial charge in [0.05, 0.1) is 6.10 Å². The molecule has 3 heteroatoms. The largest absolute Gasteiger partial charge is 0.447 e. The van der Waals surface area contributed by atoms with Gasteiger partial charge in [0.25, 0.3) is 0 Å². The van der Waals surface area contributed by atoms with E-state index in [4.69, 9.17) is 4.74 Å². The molecule has 88 valence electrons. The van der Waals surface area contributed by atoms with Gasteiger partial charge in [-0.2, -0.15) is 0 Å². The number of piperidine rings is 1. The summed E-state index contributed by atoms with van der Waals surface area (Å²) in [6, 6.07) is 0.332. The molecular formula is C12H23NO2. The lowest BCUT2D eigenvalue weighted by atomic mass is 9.92. The lowest BCUT2D eigenvalue weighted by molar-refractivity contribution is 0.0448. The Balaban J connectivity index is 2.53. The molecule has 3 nitrogen and oxygen atoms in total. The number of hydrogen-bond acceptors (Lipinski definition) is 2. The summed E-state index contributed by atoms with van der Waals surface area (Å²) in [4.78, 5) is 13.7. The van der Waals surface area contributed by atoms with Crippen molar-refractivity contribution in [2.24, 2.45) is 5.92 Å². The average Bonchev–Trinajstić information content (AvgIpc) is 2.17. The molecule has 1 rings (SSSR count). The normalized spacial score (nSPS) is 26.9. The zero-order valence-corrected chi connectivity index (χ0v) is 10.3. The fourth-order valence-electron chi connectivity index (χ4n) is 2.04. The third kappa shape index (κ3) is 3.40. The van der Waals surface area contributed by atoms with Crippen LogP contribution in [0.2, 0.25) is 0 Å². The van der Waals surface area contributed by atoms with Crippen LogP contribution in [0.3, 0.4) is 0 Å². The third-order valence-corrected chi connectivity index (χ3v) is 3.13. The van der Waals surface area contributed by atoms with Crippen LogP contribution in [0.4, 0.5) is 4.79 Å². The van der Waals surface area contributed by atoms with E-state index in [1.165, 1.54) is 6.42 Å². The molecule has 0 aliphatic carbocycles. The van der Waals surface area contributed by atoms with E-state index in [0.29, 0.717) is 12.0 Å². The molecule has 15 heavy (non-hydrogen) atoms. The van der Waals surface area contributed by atoms with E-state index < -0.39 is 0 Å². The van der Waals surface area contributed by atoms with E-state index in [1.807, 2.05) is 18.7 Å². The van der Waals surface area contributed by atoms with E-state index in [2.05, 4.69) is 13.8 Å². The van der Waals surface area contributed by atoms with Crippen molar-refractivity contribution in [3.8, 4) is 0 Å². The first kappa shape index (κ1) is 12.3. The summed E-state index contributed by atoms with van der Waals surface area (Å²) in [7, 11) is 0. The molecule has 0 bridgehead atoms. The Bertz CT molecular complexity index is 216. The number of ether oxygens (including phenoxy) is 1. The highest BCUT2D eigenvalue weighted by atomic mass is 16.6. The predicted octanol–water partition coefficient (Wildman–Crippen LogP) is 3.04. The summed E-state index contributed by atoms with van der Waals surface area (Å²) in [5.41, 5.74) is 0. The molecule has 1 aliphatic rings. The van der Waals surface area contributed by atoms with Crippen LogP contribution in [-0.4, -0.2) is 29.7 Å². The van der Waals surface area contributed by atoms with E-state index in [0.717, 1.165) is 19.4 Å². The van der Waals surface area contributed by atoms with Crippen LogP contribution >= 0.6 is 0 Å². The van der Waals surface area contributed by atoms with Gasteiger partial charge >= 0.3 is 6.09 Å². The SMILES string of the molecule is CC[C@H]1CC[C@H](C)N(C(=O)OC(C)C)C1. The fourth-order valence-corrected chi connectivity index (χ4v) is 2.04. The number of nitrogens with zero attached hydrogens (tertiary/aromatic N) is 1. The number of rotatable bonds is 2. The van der Waals surface area contributed by atoms with E-state index >= 15 is 0 Å². The molecule has 0 saturated carbocycles. The first-order valence-corrected chi connectivity index (χ1v) is 6.01. The van der Waals surface area contributed by atoms with Gasteiger partial charge in [-0.1, -0.05) is 13.3 Å². The second-order valence-corrected chi connectivity index (χ2v) is 4.79. The molecule has 0 aromatic rings. The van der Waals surface area contributed by atoms with Crippen molar-refractivity contribution in [3.63, 3.8) is 0 Å². The monoisotopic (exact) mass is 213 g/mol. The Labute approximate surface area is 92.8 Å². The molecule has 0 radical (unpaired) electrons. The second kappa shape index (κ2) is 5.38. The van der Waals surface area contributed by atoms with Gasteiger partial charge in [-0.25, -0.2) is 4.79 Å². The minimum Gasteiger partial charge on any atom is -0.447 e. The van der Waals surface area contributed by atoms with E-state index in [9.17, 15) is 4.79 Å². The van der Waals surface area contributed by atoms with Gasteiger partial charge in [-0.05, 0) is 39.5 Å². The van der Waals surface area contributed by atoms with Crippen molar-refractivity contribution in [1.29, 1.82) is 0 Å². The molecular weight excluding hydrogens is 190 g/mol. The van der Waals surface area contributed by atoms with Crippen LogP contribution < -0.4 is 0 Å². The first-order chi connectivity index (χ1) is 7.04. The first-order valence-electron chi connectivity index (χ1n) is 6.01. The van der Waals surface area contributed by atoms with Crippen molar-refractivity contribution in [2.45, 2.75) is 59.1 Å². The Morgan fingerprint density at radius 3 is 2.67 bits per heavy atom. The molecule has 1 aliphatic heterocycles. The van der Waals surface area contributed by atoms with Crippen LogP contribution in [0.15, 0.2) is 0 Å². The van der Waals surface area contributed by atoms with Gasteiger partial charge in [0.1, 0.15) is 0 Å². The van der Waals surface area contributed by atoms with Crippen molar-refractivity contribution in [2.75, 3.05) is 6.54 Å². The zero-order chi connectivity index (χ0) is 11.4. The topological polar surface area (TPSA) is 29.5 Å². The molecule has 1 fully saturated rings. The minimum atomic E-state index is -0.143. The Morgan fingerprint density at radius 2 is 2.13 bits per heavy atom. The minimum absolute atomic E-state index is 0.0216. The molecule has 0 unspecified atom stereocenters. The Morgan fingerprint density at radius 1 is 1.47 bits per heavy atom. The summed E-state index contributed by atoms with van der Waals surface area (Å²) in [6.45, 7) is 8.94. The van der Waals surface area contributed by atoms with Gasteiger partial charge in [0, 0.05) is 12.6 Å². The van der Waals surface area contributed by atoms with Crippen LogP contribution in [0.25, 0.3) is 0 Å². The molecule has 0 aromatic heterocycles. The second-order valence-electron chi connectivity index (χ2n) is 4.79. The van der Waals surface area contributed by atoms with Crippen molar-refractivity contribution in [1.82, 2.24) is 4.90 Å². The standard InChI is InChI=1S/C12H23NO2/c1-5-11-7-6-10(4)13(8-11)12(14)15-9(2)3/h9-11H,5-8H2,1-4H3/t10-,11-/m0/s1. The average molecular weight is 213 g/mol.